The fourth-order valence-corrected chi connectivity index (χ4v) is 4.24. The third-order valence-electron chi connectivity index (χ3n) is 5.80. The summed E-state index contributed by atoms with van der Waals surface area (Å²) >= 11 is 0. The summed E-state index contributed by atoms with van der Waals surface area (Å²) in [5.74, 6) is 0.416. The van der Waals surface area contributed by atoms with Crippen LogP contribution in [-0.4, -0.2) is 67.5 Å². The maximum absolute atomic E-state index is 13.3. The number of nitrogens with one attached hydrogen (secondary N) is 2. The minimum Gasteiger partial charge on any atom is -0.497 e. The number of rotatable bonds is 3. The second-order valence-corrected chi connectivity index (χ2v) is 8.13. The molecule has 2 aliphatic heterocycles. The first-order chi connectivity index (χ1) is 15.0. The minimum absolute atomic E-state index is 0.0564. The fraction of sp³-hybridized carbons (Fsp3) is 0.348. The molecule has 2 fully saturated rings. The third-order valence-corrected chi connectivity index (χ3v) is 5.80. The van der Waals surface area contributed by atoms with Crippen LogP contribution in [0, 0.1) is 5.41 Å². The molecule has 0 bridgehead atoms. The Kier molecular flexibility index (Phi) is 5.79. The lowest BCUT2D eigenvalue weighted by molar-refractivity contribution is -0.119. The summed E-state index contributed by atoms with van der Waals surface area (Å²) in [7, 11) is 1.56. The Labute approximate surface area is 181 Å². The van der Waals surface area contributed by atoms with Gasteiger partial charge in [-0.05, 0) is 30.3 Å². The van der Waals surface area contributed by atoms with Crippen LogP contribution < -0.4 is 15.4 Å². The molecule has 8 nitrogen and oxygen atoms in total. The summed E-state index contributed by atoms with van der Waals surface area (Å²) < 4.78 is 5.24. The van der Waals surface area contributed by atoms with E-state index in [1.165, 1.54) is 0 Å². The molecule has 4 amide bonds. The first-order valence-electron chi connectivity index (χ1n) is 10.3. The Hall–Kier alpha value is -3.55. The van der Waals surface area contributed by atoms with Gasteiger partial charge < -0.3 is 25.2 Å². The molecule has 0 saturated carbocycles. The van der Waals surface area contributed by atoms with Crippen LogP contribution in [0.4, 0.5) is 10.5 Å². The second kappa shape index (κ2) is 8.67. The van der Waals surface area contributed by atoms with Crippen molar-refractivity contribution in [2.75, 3.05) is 45.2 Å². The zero-order valence-electron chi connectivity index (χ0n) is 17.5. The fourth-order valence-electron chi connectivity index (χ4n) is 4.24. The molecule has 2 N–H and O–H groups in total. The van der Waals surface area contributed by atoms with Crippen LogP contribution in [0.2, 0.25) is 0 Å². The number of amides is 4. The largest absolute Gasteiger partial charge is 0.497 e. The van der Waals surface area contributed by atoms with Gasteiger partial charge in [-0.2, -0.15) is 0 Å². The summed E-state index contributed by atoms with van der Waals surface area (Å²) in [6.45, 7) is 1.99. The Balaban J connectivity index is 1.55. The summed E-state index contributed by atoms with van der Waals surface area (Å²) in [6, 6.07) is 16.0. The van der Waals surface area contributed by atoms with Crippen molar-refractivity contribution < 1.29 is 19.1 Å². The lowest BCUT2D eigenvalue weighted by atomic mass is 9.86. The van der Waals surface area contributed by atoms with E-state index in [1.54, 1.807) is 41.2 Å². The van der Waals surface area contributed by atoms with Gasteiger partial charge in [0.15, 0.2) is 0 Å². The van der Waals surface area contributed by atoms with Crippen LogP contribution in [0.1, 0.15) is 16.8 Å². The molecule has 2 heterocycles. The molecular weight excluding hydrogens is 396 g/mol. The van der Waals surface area contributed by atoms with Crippen LogP contribution in [-0.2, 0) is 4.79 Å². The Bertz CT molecular complexity index is 981. The molecule has 0 radical (unpaired) electrons. The molecular formula is C23H26N4O4. The number of ether oxygens (including phenoxy) is 1. The van der Waals surface area contributed by atoms with Crippen LogP contribution in [0.25, 0.3) is 0 Å². The molecule has 2 saturated heterocycles. The van der Waals surface area contributed by atoms with Gasteiger partial charge in [0.05, 0.1) is 7.11 Å². The number of hydrogen-bond acceptors (Lipinski definition) is 4. The van der Waals surface area contributed by atoms with Gasteiger partial charge in [0.2, 0.25) is 5.91 Å². The molecule has 2 aromatic carbocycles. The number of para-hydroxylation sites is 1. The van der Waals surface area contributed by atoms with E-state index in [2.05, 4.69) is 10.6 Å². The molecule has 8 heteroatoms. The molecule has 31 heavy (non-hydrogen) atoms. The van der Waals surface area contributed by atoms with Gasteiger partial charge in [-0.1, -0.05) is 24.3 Å². The molecule has 162 valence electrons. The van der Waals surface area contributed by atoms with Gasteiger partial charge >= 0.3 is 6.03 Å². The quantitative estimate of drug-likeness (QED) is 0.793. The number of carbonyl (C=O) groups is 3. The monoisotopic (exact) mass is 422 g/mol. The molecule has 1 spiro atoms. The van der Waals surface area contributed by atoms with E-state index in [0.29, 0.717) is 49.7 Å². The number of urea groups is 1. The molecule has 0 aromatic heterocycles. The van der Waals surface area contributed by atoms with Gasteiger partial charge in [-0.3, -0.25) is 9.59 Å². The highest BCUT2D eigenvalue weighted by Crippen LogP contribution is 2.32. The number of hydrogen-bond donors (Lipinski definition) is 2. The van der Waals surface area contributed by atoms with Gasteiger partial charge in [0.25, 0.3) is 5.91 Å². The van der Waals surface area contributed by atoms with Crippen molar-refractivity contribution >= 4 is 23.5 Å². The Morgan fingerprint density at radius 1 is 1.03 bits per heavy atom. The van der Waals surface area contributed by atoms with E-state index in [9.17, 15) is 14.4 Å². The topological polar surface area (TPSA) is 91.0 Å². The van der Waals surface area contributed by atoms with Gasteiger partial charge in [0, 0.05) is 55.8 Å². The van der Waals surface area contributed by atoms with Crippen molar-refractivity contribution in [1.82, 2.24) is 15.1 Å². The Morgan fingerprint density at radius 3 is 2.48 bits per heavy atom. The lowest BCUT2D eigenvalue weighted by Crippen LogP contribution is -2.46. The predicted molar refractivity (Wildman–Crippen MR) is 116 cm³/mol. The third kappa shape index (κ3) is 4.63. The summed E-state index contributed by atoms with van der Waals surface area (Å²) in [5.41, 5.74) is 0.709. The van der Waals surface area contributed by atoms with Crippen molar-refractivity contribution in [3.8, 4) is 5.75 Å². The number of nitrogens with zero attached hydrogens (tertiary/aromatic N) is 2. The average Bonchev–Trinajstić information content (AvgIpc) is 3.04. The molecule has 2 aromatic rings. The summed E-state index contributed by atoms with van der Waals surface area (Å²) in [6.07, 6.45) is 0.282. The maximum atomic E-state index is 13.3. The second-order valence-electron chi connectivity index (χ2n) is 8.13. The average molecular weight is 422 g/mol. The summed E-state index contributed by atoms with van der Waals surface area (Å²) in [4.78, 5) is 41.7. The van der Waals surface area contributed by atoms with Crippen molar-refractivity contribution in [2.24, 2.45) is 5.41 Å². The first-order valence-corrected chi connectivity index (χ1v) is 10.3. The van der Waals surface area contributed by atoms with Gasteiger partial charge in [-0.25, -0.2) is 4.79 Å². The van der Waals surface area contributed by atoms with E-state index >= 15 is 0 Å². The van der Waals surface area contributed by atoms with E-state index in [4.69, 9.17) is 4.74 Å². The van der Waals surface area contributed by atoms with Crippen LogP contribution in [0.5, 0.6) is 5.75 Å². The zero-order valence-corrected chi connectivity index (χ0v) is 17.5. The molecule has 4 rings (SSSR count). The lowest BCUT2D eigenvalue weighted by Gasteiger charge is -2.32. The molecule has 0 unspecified atom stereocenters. The van der Waals surface area contributed by atoms with Crippen molar-refractivity contribution in [2.45, 2.75) is 6.42 Å². The predicted octanol–water partition coefficient (Wildman–Crippen LogP) is 2.19. The Morgan fingerprint density at radius 2 is 1.77 bits per heavy atom. The van der Waals surface area contributed by atoms with Crippen LogP contribution >= 0.6 is 0 Å². The SMILES string of the molecule is COc1cccc(C(=O)N2CCN(C(=O)Nc3ccccc3)C[C@@]3(CNC(=O)C3)C2)c1. The van der Waals surface area contributed by atoms with E-state index in [1.807, 2.05) is 30.3 Å². The number of carbonyl (C=O) groups excluding carboxylic acids is 3. The molecule has 1 atom stereocenters. The van der Waals surface area contributed by atoms with E-state index < -0.39 is 5.41 Å². The first kappa shape index (κ1) is 20.7. The standard InChI is InChI=1S/C23H26N4O4/c1-31-19-9-5-6-17(12-19)21(29)26-10-11-27(16-23(15-26)13-20(28)24-14-23)22(30)25-18-7-3-2-4-8-18/h2-9,12H,10-11,13-16H2,1H3,(H,24,28)(H,25,30)/t23-/m0/s1. The normalized spacial score (nSPS) is 20.9. The van der Waals surface area contributed by atoms with Gasteiger partial charge in [-0.15, -0.1) is 0 Å². The van der Waals surface area contributed by atoms with Crippen LogP contribution in [0.3, 0.4) is 0 Å². The van der Waals surface area contributed by atoms with E-state index in [-0.39, 0.29) is 24.3 Å². The number of methoxy groups -OCH3 is 1. The minimum atomic E-state index is -0.518. The number of benzene rings is 2. The molecule has 0 aliphatic carbocycles. The van der Waals surface area contributed by atoms with Crippen molar-refractivity contribution in [1.29, 1.82) is 0 Å². The highest BCUT2D eigenvalue weighted by molar-refractivity contribution is 5.95. The maximum Gasteiger partial charge on any atom is 0.321 e. The van der Waals surface area contributed by atoms with Gasteiger partial charge in [0.1, 0.15) is 5.75 Å². The van der Waals surface area contributed by atoms with E-state index in [0.717, 1.165) is 0 Å². The number of anilines is 1. The summed E-state index contributed by atoms with van der Waals surface area (Å²) in [5, 5.41) is 5.79. The van der Waals surface area contributed by atoms with Crippen LogP contribution in [0.15, 0.2) is 54.6 Å². The zero-order chi connectivity index (χ0) is 21.8. The van der Waals surface area contributed by atoms with Crippen molar-refractivity contribution in [3.63, 3.8) is 0 Å². The highest BCUT2D eigenvalue weighted by atomic mass is 16.5. The molecule has 2 aliphatic rings. The van der Waals surface area contributed by atoms with Crippen molar-refractivity contribution in [3.05, 3.63) is 60.2 Å². The smallest absolute Gasteiger partial charge is 0.321 e. The highest BCUT2D eigenvalue weighted by Gasteiger charge is 2.45.